The molecule has 6 rings (SSSR count). The number of amides is 3. The van der Waals surface area contributed by atoms with Crippen LogP contribution >= 0.6 is 0 Å². The molecule has 1 saturated heterocycles. The van der Waals surface area contributed by atoms with E-state index in [4.69, 9.17) is 18.4 Å². The molecular weight excluding hydrogens is 582 g/mol. The van der Waals surface area contributed by atoms with Crippen LogP contribution in [-0.2, 0) is 22.6 Å². The molecule has 1 fully saturated rings. The summed E-state index contributed by atoms with van der Waals surface area (Å²) in [5.41, 5.74) is 2.65. The van der Waals surface area contributed by atoms with Crippen molar-refractivity contribution < 1.29 is 37.9 Å². The minimum atomic E-state index is -0.819. The summed E-state index contributed by atoms with van der Waals surface area (Å²) in [6.45, 7) is 5.30. The minimum absolute atomic E-state index is 0.0702. The second-order valence-corrected chi connectivity index (χ2v) is 11.2. The number of phenols is 1. The van der Waals surface area contributed by atoms with E-state index in [9.17, 15) is 19.5 Å². The smallest absolute Gasteiger partial charge is 0.257 e. The van der Waals surface area contributed by atoms with E-state index in [1.54, 1.807) is 51.1 Å². The zero-order valence-corrected chi connectivity index (χ0v) is 25.3. The number of ether oxygens (including phenoxy) is 2. The predicted octanol–water partition coefficient (Wildman–Crippen LogP) is 3.72. The Labute approximate surface area is 258 Å². The van der Waals surface area contributed by atoms with Gasteiger partial charge in [-0.2, -0.15) is 0 Å². The SMILES string of the molecule is COc1ccc2cc1Oc1cc(ccc1O)CCC(=O)N1C[C@@H](NC(=O)c3c(C)noc3C)C[C@H]1C(=O)NCc1nc-2oc1C. The van der Waals surface area contributed by atoms with Gasteiger partial charge in [-0.3, -0.25) is 14.4 Å². The number of aromatic nitrogens is 2. The molecule has 13 nitrogen and oxygen atoms in total. The lowest BCUT2D eigenvalue weighted by Gasteiger charge is -2.24. The summed E-state index contributed by atoms with van der Waals surface area (Å²) in [7, 11) is 1.51. The molecular formula is C32H33N5O8. The van der Waals surface area contributed by atoms with E-state index < -0.39 is 12.1 Å². The van der Waals surface area contributed by atoms with Gasteiger partial charge in [-0.25, -0.2) is 4.98 Å². The quantitative estimate of drug-likeness (QED) is 0.309. The van der Waals surface area contributed by atoms with Crippen molar-refractivity contribution in [2.75, 3.05) is 13.7 Å². The number of hydrogen-bond acceptors (Lipinski definition) is 10. The van der Waals surface area contributed by atoms with Crippen molar-refractivity contribution in [2.24, 2.45) is 0 Å². The van der Waals surface area contributed by atoms with Crippen molar-refractivity contribution in [3.05, 3.63) is 70.4 Å². The molecule has 2 aliphatic rings. The molecule has 6 bridgehead atoms. The van der Waals surface area contributed by atoms with Crippen LogP contribution in [0.25, 0.3) is 11.5 Å². The Bertz CT molecular complexity index is 1770. The number of nitrogens with zero attached hydrogens (tertiary/aromatic N) is 3. The van der Waals surface area contributed by atoms with E-state index in [-0.39, 0.29) is 55.2 Å². The Morgan fingerprint density at radius 1 is 1.09 bits per heavy atom. The number of carbonyl (C=O) groups is 3. The molecule has 2 aliphatic heterocycles. The molecule has 2 aromatic heterocycles. The van der Waals surface area contributed by atoms with Gasteiger partial charge in [0.1, 0.15) is 28.8 Å². The number of aryl methyl sites for hydroxylation is 4. The molecule has 0 radical (unpaired) electrons. The van der Waals surface area contributed by atoms with Crippen molar-refractivity contribution in [2.45, 2.75) is 58.7 Å². The number of fused-ring (bicyclic) bond motifs is 8. The first-order chi connectivity index (χ1) is 21.6. The van der Waals surface area contributed by atoms with Gasteiger partial charge in [0.15, 0.2) is 23.0 Å². The third-order valence-electron chi connectivity index (χ3n) is 8.12. The van der Waals surface area contributed by atoms with Gasteiger partial charge in [-0.1, -0.05) is 11.2 Å². The third kappa shape index (κ3) is 5.93. The van der Waals surface area contributed by atoms with Gasteiger partial charge in [-0.05, 0) is 69.5 Å². The first kappa shape index (κ1) is 29.7. The van der Waals surface area contributed by atoms with Gasteiger partial charge in [-0.15, -0.1) is 0 Å². The second kappa shape index (κ2) is 12.0. The number of methoxy groups -OCH3 is 1. The van der Waals surface area contributed by atoms with Crippen LogP contribution in [0, 0.1) is 20.8 Å². The molecule has 13 heteroatoms. The number of hydrogen-bond donors (Lipinski definition) is 3. The molecule has 234 valence electrons. The van der Waals surface area contributed by atoms with Crippen molar-refractivity contribution in [1.82, 2.24) is 25.7 Å². The number of benzene rings is 2. The maximum absolute atomic E-state index is 13.6. The Morgan fingerprint density at radius 3 is 2.67 bits per heavy atom. The third-order valence-corrected chi connectivity index (χ3v) is 8.12. The topological polar surface area (TPSA) is 169 Å². The summed E-state index contributed by atoms with van der Waals surface area (Å²) >= 11 is 0. The fraction of sp³-hybridized carbons (Fsp3) is 0.344. The number of aromatic hydroxyl groups is 1. The van der Waals surface area contributed by atoms with E-state index in [1.807, 2.05) is 0 Å². The number of rotatable bonds is 3. The average molecular weight is 616 g/mol. The van der Waals surface area contributed by atoms with Crippen LogP contribution in [0.1, 0.15) is 51.7 Å². The summed E-state index contributed by atoms with van der Waals surface area (Å²) in [5.74, 6) is 1.06. The standard InChI is InChI=1S/C32H33N5O8/c1-16-29(18(3)45-36-16)31(41)34-21-13-23-30(40)33-14-22-17(2)43-32(35-22)20-7-9-25(42-4)27(12-20)44-26-11-19(5-8-24(26)38)6-10-28(39)37(23)15-21/h5,7-9,11-12,21,23,38H,6,10,13-15H2,1-4H3,(H,33,40)(H,34,41)/t21-,23-/m0/s1. The molecule has 45 heavy (non-hydrogen) atoms. The lowest BCUT2D eigenvalue weighted by atomic mass is 10.1. The highest BCUT2D eigenvalue weighted by Gasteiger charge is 2.40. The fourth-order valence-corrected chi connectivity index (χ4v) is 5.73. The molecule has 0 saturated carbocycles. The van der Waals surface area contributed by atoms with Crippen LogP contribution in [0.3, 0.4) is 0 Å². The second-order valence-electron chi connectivity index (χ2n) is 11.2. The van der Waals surface area contributed by atoms with Crippen LogP contribution < -0.4 is 20.1 Å². The largest absolute Gasteiger partial charge is 0.504 e. The highest BCUT2D eigenvalue weighted by molar-refractivity contribution is 5.96. The first-order valence-corrected chi connectivity index (χ1v) is 14.6. The van der Waals surface area contributed by atoms with Crippen LogP contribution in [0.4, 0.5) is 0 Å². The number of nitrogens with one attached hydrogen (secondary N) is 2. The number of oxazole rings is 1. The lowest BCUT2D eigenvalue weighted by molar-refractivity contribution is -0.138. The van der Waals surface area contributed by atoms with Crippen LogP contribution in [0.15, 0.2) is 45.3 Å². The van der Waals surface area contributed by atoms with Gasteiger partial charge >= 0.3 is 0 Å². The highest BCUT2D eigenvalue weighted by atomic mass is 16.5. The normalized spacial score (nSPS) is 18.4. The summed E-state index contributed by atoms with van der Waals surface area (Å²) < 4.78 is 22.6. The maximum atomic E-state index is 13.6. The van der Waals surface area contributed by atoms with Crippen LogP contribution in [0.5, 0.6) is 23.0 Å². The molecule has 2 atom stereocenters. The van der Waals surface area contributed by atoms with Crippen molar-refractivity contribution >= 4 is 17.7 Å². The van der Waals surface area contributed by atoms with Crippen molar-refractivity contribution in [3.8, 4) is 34.5 Å². The highest BCUT2D eigenvalue weighted by Crippen LogP contribution is 2.39. The van der Waals surface area contributed by atoms with Gasteiger partial charge < -0.3 is 39.1 Å². The van der Waals surface area contributed by atoms with Crippen molar-refractivity contribution in [3.63, 3.8) is 0 Å². The van der Waals surface area contributed by atoms with E-state index in [1.165, 1.54) is 18.1 Å². The van der Waals surface area contributed by atoms with E-state index >= 15 is 0 Å². The van der Waals surface area contributed by atoms with Gasteiger partial charge in [0.2, 0.25) is 17.7 Å². The predicted molar refractivity (Wildman–Crippen MR) is 159 cm³/mol. The number of phenolic OH excluding ortho intramolecular Hbond substituents is 1. The molecule has 0 aliphatic carbocycles. The molecule has 2 aromatic carbocycles. The molecule has 3 N–H and O–H groups in total. The van der Waals surface area contributed by atoms with E-state index in [0.717, 1.165) is 5.56 Å². The molecule has 0 unspecified atom stereocenters. The van der Waals surface area contributed by atoms with Crippen LogP contribution in [0.2, 0.25) is 0 Å². The van der Waals surface area contributed by atoms with Gasteiger partial charge in [0, 0.05) is 24.6 Å². The zero-order chi connectivity index (χ0) is 31.8. The summed E-state index contributed by atoms with van der Waals surface area (Å²) in [4.78, 5) is 46.3. The summed E-state index contributed by atoms with van der Waals surface area (Å²) in [6, 6.07) is 8.74. The molecule has 3 amide bonds. The minimum Gasteiger partial charge on any atom is -0.504 e. The van der Waals surface area contributed by atoms with Gasteiger partial charge in [0.25, 0.3) is 5.91 Å². The van der Waals surface area contributed by atoms with Gasteiger partial charge in [0.05, 0.1) is 19.3 Å². The molecule has 4 heterocycles. The fourth-order valence-electron chi connectivity index (χ4n) is 5.73. The Morgan fingerprint density at radius 2 is 1.91 bits per heavy atom. The monoisotopic (exact) mass is 615 g/mol. The zero-order valence-electron chi connectivity index (χ0n) is 25.3. The molecule has 4 aromatic rings. The Hall–Kier alpha value is -5.33. The molecule has 0 spiro atoms. The first-order valence-electron chi connectivity index (χ1n) is 14.6. The van der Waals surface area contributed by atoms with Crippen LogP contribution in [-0.4, -0.2) is 63.6 Å². The number of carbonyl (C=O) groups excluding carboxylic acids is 3. The average Bonchev–Trinajstić information content (AvgIpc) is 3.71. The Balaban J connectivity index is 1.32. The van der Waals surface area contributed by atoms with E-state index in [0.29, 0.717) is 57.8 Å². The van der Waals surface area contributed by atoms with E-state index in [2.05, 4.69) is 20.8 Å². The lowest BCUT2D eigenvalue weighted by Crippen LogP contribution is -2.46. The van der Waals surface area contributed by atoms with Crippen molar-refractivity contribution in [1.29, 1.82) is 0 Å². The maximum Gasteiger partial charge on any atom is 0.257 e. The summed E-state index contributed by atoms with van der Waals surface area (Å²) in [6.07, 6.45) is 0.634. The summed E-state index contributed by atoms with van der Waals surface area (Å²) in [5, 5.41) is 20.3. The Kier molecular flexibility index (Phi) is 7.92.